The fraction of sp³-hybridized carbons (Fsp3) is 0.222. The zero-order chi connectivity index (χ0) is 21.9. The molecule has 5 heteroatoms. The van der Waals surface area contributed by atoms with Crippen LogP contribution in [0.2, 0.25) is 0 Å². The van der Waals surface area contributed by atoms with E-state index in [1.165, 1.54) is 0 Å². The molecule has 32 heavy (non-hydrogen) atoms. The van der Waals surface area contributed by atoms with Gasteiger partial charge in [0.25, 0.3) is 5.91 Å². The summed E-state index contributed by atoms with van der Waals surface area (Å²) in [6, 6.07) is 21.7. The molecule has 0 spiro atoms. The number of ether oxygens (including phenoxy) is 1. The number of rotatable bonds is 5. The van der Waals surface area contributed by atoms with Gasteiger partial charge < -0.3 is 9.64 Å². The maximum Gasteiger partial charge on any atom is 0.255 e. The summed E-state index contributed by atoms with van der Waals surface area (Å²) in [5.41, 5.74) is 4.34. The summed E-state index contributed by atoms with van der Waals surface area (Å²) in [6.45, 7) is 3.33. The van der Waals surface area contributed by atoms with Gasteiger partial charge in [-0.1, -0.05) is 24.3 Å². The number of nitrogens with zero attached hydrogens (tertiary/aromatic N) is 3. The number of para-hydroxylation sites is 1. The molecule has 1 fully saturated rings. The van der Waals surface area contributed by atoms with E-state index in [-0.39, 0.29) is 11.9 Å². The van der Waals surface area contributed by atoms with E-state index >= 15 is 0 Å². The highest BCUT2D eigenvalue weighted by atomic mass is 16.5. The summed E-state index contributed by atoms with van der Waals surface area (Å²) in [6.07, 6.45) is 5.57. The molecule has 1 atom stereocenters. The molecule has 0 bridgehead atoms. The van der Waals surface area contributed by atoms with Crippen molar-refractivity contribution in [1.29, 1.82) is 0 Å². The largest absolute Gasteiger partial charge is 0.494 e. The third kappa shape index (κ3) is 3.82. The lowest BCUT2D eigenvalue weighted by atomic mass is 10.0. The molecule has 1 amide bonds. The first-order valence-corrected chi connectivity index (χ1v) is 11.1. The molecular weight excluding hydrogens is 398 g/mol. The van der Waals surface area contributed by atoms with Crippen molar-refractivity contribution in [2.24, 2.45) is 0 Å². The van der Waals surface area contributed by atoms with Crippen LogP contribution in [0.15, 0.2) is 79.1 Å². The van der Waals surface area contributed by atoms with E-state index in [2.05, 4.69) is 11.1 Å². The minimum atomic E-state index is 0.0436. The monoisotopic (exact) mass is 423 g/mol. The molecule has 0 N–H and O–H groups in total. The van der Waals surface area contributed by atoms with E-state index in [1.54, 1.807) is 6.20 Å². The van der Waals surface area contributed by atoms with Gasteiger partial charge in [-0.25, -0.2) is 4.98 Å². The molecule has 5 nitrogen and oxygen atoms in total. The van der Waals surface area contributed by atoms with Crippen LogP contribution >= 0.6 is 0 Å². The van der Waals surface area contributed by atoms with Gasteiger partial charge in [0.2, 0.25) is 0 Å². The summed E-state index contributed by atoms with van der Waals surface area (Å²) in [4.78, 5) is 24.9. The lowest BCUT2D eigenvalue weighted by Gasteiger charge is -2.25. The fourth-order valence-electron chi connectivity index (χ4n) is 4.47. The Hall–Kier alpha value is -3.73. The predicted molar refractivity (Wildman–Crippen MR) is 126 cm³/mol. The minimum Gasteiger partial charge on any atom is -0.494 e. The first kappa shape index (κ1) is 20.2. The standard InChI is InChI=1S/C27H25N3O2/c1-2-32-21-13-11-19(12-14-21)25-17-23(22-8-3-4-9-24(22)29-25)27(31)30-16-6-10-26(30)20-7-5-15-28-18-20/h3-5,7-9,11-15,17-18,26H,2,6,10,16H2,1H3. The van der Waals surface area contributed by atoms with Crippen molar-refractivity contribution < 1.29 is 9.53 Å². The van der Waals surface area contributed by atoms with Gasteiger partial charge in [-0.05, 0) is 67.8 Å². The van der Waals surface area contributed by atoms with Crippen molar-refractivity contribution in [1.82, 2.24) is 14.9 Å². The average Bonchev–Trinajstić information content (AvgIpc) is 3.34. The molecule has 3 heterocycles. The predicted octanol–water partition coefficient (Wildman–Crippen LogP) is 5.67. The smallest absolute Gasteiger partial charge is 0.255 e. The van der Waals surface area contributed by atoms with E-state index < -0.39 is 0 Å². The van der Waals surface area contributed by atoms with Crippen LogP contribution < -0.4 is 4.74 Å². The minimum absolute atomic E-state index is 0.0436. The van der Waals surface area contributed by atoms with Crippen LogP contribution in [0.1, 0.15) is 41.7 Å². The van der Waals surface area contributed by atoms with Gasteiger partial charge in [-0.2, -0.15) is 0 Å². The number of carbonyl (C=O) groups is 1. The Morgan fingerprint density at radius 1 is 1.09 bits per heavy atom. The number of carbonyl (C=O) groups excluding carboxylic acids is 1. The van der Waals surface area contributed by atoms with Crippen molar-refractivity contribution in [2.75, 3.05) is 13.2 Å². The number of amides is 1. The van der Waals surface area contributed by atoms with Crippen molar-refractivity contribution in [3.8, 4) is 17.0 Å². The molecule has 1 aliphatic rings. The lowest BCUT2D eigenvalue weighted by molar-refractivity contribution is 0.0737. The van der Waals surface area contributed by atoms with E-state index in [0.717, 1.165) is 52.9 Å². The number of pyridine rings is 2. The van der Waals surface area contributed by atoms with Crippen LogP contribution in [-0.4, -0.2) is 33.9 Å². The highest BCUT2D eigenvalue weighted by molar-refractivity contribution is 6.07. The highest BCUT2D eigenvalue weighted by Gasteiger charge is 2.31. The Morgan fingerprint density at radius 3 is 2.72 bits per heavy atom. The number of likely N-dealkylation sites (tertiary alicyclic amines) is 1. The van der Waals surface area contributed by atoms with Crippen molar-refractivity contribution in [3.63, 3.8) is 0 Å². The van der Waals surface area contributed by atoms with Gasteiger partial charge in [0.05, 0.1) is 29.4 Å². The molecule has 1 unspecified atom stereocenters. The third-order valence-electron chi connectivity index (χ3n) is 5.99. The second-order valence-corrected chi connectivity index (χ2v) is 7.97. The first-order chi connectivity index (χ1) is 15.7. The average molecular weight is 424 g/mol. The summed E-state index contributed by atoms with van der Waals surface area (Å²) >= 11 is 0. The number of fused-ring (bicyclic) bond motifs is 1. The van der Waals surface area contributed by atoms with Gasteiger partial charge in [-0.3, -0.25) is 9.78 Å². The molecule has 4 aromatic rings. The van der Waals surface area contributed by atoms with Gasteiger partial charge in [0.1, 0.15) is 5.75 Å². The van der Waals surface area contributed by atoms with Crippen LogP contribution in [0.25, 0.3) is 22.2 Å². The Bertz CT molecular complexity index is 1240. The number of hydrogen-bond acceptors (Lipinski definition) is 4. The summed E-state index contributed by atoms with van der Waals surface area (Å²) in [7, 11) is 0. The van der Waals surface area contributed by atoms with Crippen LogP contribution in [0.4, 0.5) is 0 Å². The lowest BCUT2D eigenvalue weighted by Crippen LogP contribution is -2.30. The normalized spacial score (nSPS) is 15.8. The molecule has 160 valence electrons. The van der Waals surface area contributed by atoms with Gasteiger partial charge >= 0.3 is 0 Å². The molecule has 0 saturated carbocycles. The summed E-state index contributed by atoms with van der Waals surface area (Å²) in [5, 5.41) is 0.879. The highest BCUT2D eigenvalue weighted by Crippen LogP contribution is 2.35. The number of hydrogen-bond donors (Lipinski definition) is 0. The molecule has 5 rings (SSSR count). The first-order valence-electron chi connectivity index (χ1n) is 11.1. The topological polar surface area (TPSA) is 55.3 Å². The molecular formula is C27H25N3O2. The van der Waals surface area contributed by atoms with Crippen molar-refractivity contribution in [3.05, 3.63) is 90.3 Å². The Kier molecular flexibility index (Phi) is 5.55. The number of benzene rings is 2. The van der Waals surface area contributed by atoms with Gasteiger partial charge in [0, 0.05) is 29.9 Å². The van der Waals surface area contributed by atoms with E-state index in [4.69, 9.17) is 9.72 Å². The fourth-order valence-corrected chi connectivity index (χ4v) is 4.47. The van der Waals surface area contributed by atoms with E-state index in [9.17, 15) is 4.79 Å². The number of aromatic nitrogens is 2. The maximum absolute atomic E-state index is 13.8. The molecule has 2 aromatic carbocycles. The summed E-state index contributed by atoms with van der Waals surface area (Å²) < 4.78 is 5.56. The molecule has 0 radical (unpaired) electrons. The second-order valence-electron chi connectivity index (χ2n) is 7.97. The Morgan fingerprint density at radius 2 is 1.94 bits per heavy atom. The van der Waals surface area contributed by atoms with Crippen LogP contribution in [-0.2, 0) is 0 Å². The second kappa shape index (κ2) is 8.79. The van der Waals surface area contributed by atoms with Gasteiger partial charge in [-0.15, -0.1) is 0 Å². The van der Waals surface area contributed by atoms with Crippen LogP contribution in [0.5, 0.6) is 5.75 Å². The Balaban J connectivity index is 1.56. The van der Waals surface area contributed by atoms with E-state index in [0.29, 0.717) is 12.2 Å². The SMILES string of the molecule is CCOc1ccc(-c2cc(C(=O)N3CCCC3c3cccnc3)c3ccccc3n2)cc1. The van der Waals surface area contributed by atoms with Gasteiger partial charge in [0.15, 0.2) is 0 Å². The van der Waals surface area contributed by atoms with Crippen molar-refractivity contribution >= 4 is 16.8 Å². The quantitative estimate of drug-likeness (QED) is 0.415. The van der Waals surface area contributed by atoms with Crippen LogP contribution in [0.3, 0.4) is 0 Å². The molecule has 1 saturated heterocycles. The molecule has 2 aromatic heterocycles. The third-order valence-corrected chi connectivity index (χ3v) is 5.99. The maximum atomic E-state index is 13.8. The zero-order valence-electron chi connectivity index (χ0n) is 18.1. The molecule has 1 aliphatic heterocycles. The van der Waals surface area contributed by atoms with Crippen molar-refractivity contribution in [2.45, 2.75) is 25.8 Å². The molecule has 0 aliphatic carbocycles. The summed E-state index contributed by atoms with van der Waals surface area (Å²) in [5.74, 6) is 0.867. The zero-order valence-corrected chi connectivity index (χ0v) is 18.1. The van der Waals surface area contributed by atoms with E-state index in [1.807, 2.05) is 78.7 Å². The Labute approximate surface area is 187 Å². The van der Waals surface area contributed by atoms with Crippen LogP contribution in [0, 0.1) is 0 Å².